The molecule has 1 amide bonds. The van der Waals surface area contributed by atoms with E-state index in [1.165, 1.54) is 7.11 Å². The lowest BCUT2D eigenvalue weighted by Crippen LogP contribution is -2.48. The molecule has 3 rings (SSSR count). The Kier molecular flexibility index (Phi) is 4.29. The molecule has 0 unspecified atom stereocenters. The van der Waals surface area contributed by atoms with Gasteiger partial charge in [0.1, 0.15) is 0 Å². The molecule has 0 atom stereocenters. The van der Waals surface area contributed by atoms with Gasteiger partial charge < -0.3 is 9.64 Å². The van der Waals surface area contributed by atoms with Crippen molar-refractivity contribution in [1.82, 2.24) is 30.0 Å². The van der Waals surface area contributed by atoms with Gasteiger partial charge >= 0.3 is 6.09 Å². The number of amides is 1. The van der Waals surface area contributed by atoms with Gasteiger partial charge in [-0.2, -0.15) is 4.68 Å². The van der Waals surface area contributed by atoms with Gasteiger partial charge in [0, 0.05) is 26.2 Å². The molecular weight excluding hydrogens is 284 g/mol. The van der Waals surface area contributed by atoms with Crippen molar-refractivity contribution in [2.45, 2.75) is 6.54 Å². The number of nitrogens with zero attached hydrogens (tertiary/aromatic N) is 6. The summed E-state index contributed by atoms with van der Waals surface area (Å²) in [4.78, 5) is 15.4. The maximum absolute atomic E-state index is 11.5. The molecule has 0 radical (unpaired) electrons. The third-order valence-corrected chi connectivity index (χ3v) is 3.70. The molecular formula is C14H18N6O2. The van der Waals surface area contributed by atoms with Crippen molar-refractivity contribution in [3.05, 3.63) is 36.2 Å². The zero-order valence-electron chi connectivity index (χ0n) is 12.4. The van der Waals surface area contributed by atoms with Gasteiger partial charge in [-0.3, -0.25) is 4.90 Å². The van der Waals surface area contributed by atoms with E-state index in [2.05, 4.69) is 20.4 Å². The third-order valence-electron chi connectivity index (χ3n) is 3.70. The lowest BCUT2D eigenvalue weighted by Gasteiger charge is -2.33. The number of aromatic nitrogens is 4. The number of para-hydroxylation sites is 1. The first kappa shape index (κ1) is 14.5. The number of methoxy groups -OCH3 is 1. The second kappa shape index (κ2) is 6.52. The van der Waals surface area contributed by atoms with E-state index in [1.807, 2.05) is 30.3 Å². The fraction of sp³-hybridized carbons (Fsp3) is 0.429. The number of carbonyl (C=O) groups is 1. The molecule has 0 N–H and O–H groups in total. The minimum absolute atomic E-state index is 0.270. The highest BCUT2D eigenvalue weighted by atomic mass is 16.5. The maximum Gasteiger partial charge on any atom is 0.409 e. The molecule has 0 aliphatic carbocycles. The fourth-order valence-corrected chi connectivity index (χ4v) is 2.49. The molecule has 2 heterocycles. The van der Waals surface area contributed by atoms with Crippen LogP contribution in [0, 0.1) is 0 Å². The van der Waals surface area contributed by atoms with E-state index in [4.69, 9.17) is 4.74 Å². The first-order chi connectivity index (χ1) is 10.8. The van der Waals surface area contributed by atoms with E-state index in [1.54, 1.807) is 9.58 Å². The summed E-state index contributed by atoms with van der Waals surface area (Å²) < 4.78 is 6.48. The lowest BCUT2D eigenvalue weighted by molar-refractivity contribution is 0.0878. The first-order valence-electron chi connectivity index (χ1n) is 7.16. The van der Waals surface area contributed by atoms with Crippen molar-refractivity contribution in [1.29, 1.82) is 0 Å². The molecule has 116 valence electrons. The van der Waals surface area contributed by atoms with Crippen molar-refractivity contribution in [2.24, 2.45) is 0 Å². The van der Waals surface area contributed by atoms with Gasteiger partial charge in [0.05, 0.1) is 19.3 Å². The number of tetrazole rings is 1. The lowest BCUT2D eigenvalue weighted by atomic mass is 10.3. The Labute approximate surface area is 128 Å². The van der Waals surface area contributed by atoms with Crippen molar-refractivity contribution in [3.8, 4) is 5.69 Å². The second-order valence-corrected chi connectivity index (χ2v) is 5.08. The number of rotatable bonds is 3. The summed E-state index contributed by atoms with van der Waals surface area (Å²) >= 11 is 0. The molecule has 1 aromatic carbocycles. The van der Waals surface area contributed by atoms with Crippen LogP contribution >= 0.6 is 0 Å². The van der Waals surface area contributed by atoms with Crippen molar-refractivity contribution < 1.29 is 9.53 Å². The number of piperazine rings is 1. The van der Waals surface area contributed by atoms with Crippen LogP contribution in [0.15, 0.2) is 30.3 Å². The van der Waals surface area contributed by atoms with Crippen molar-refractivity contribution >= 4 is 6.09 Å². The Hall–Kier alpha value is -2.48. The predicted octanol–water partition coefficient (Wildman–Crippen LogP) is 0.546. The number of hydrogen-bond acceptors (Lipinski definition) is 6. The summed E-state index contributed by atoms with van der Waals surface area (Å²) in [6.07, 6.45) is -0.270. The zero-order chi connectivity index (χ0) is 15.4. The summed E-state index contributed by atoms with van der Waals surface area (Å²) in [5.74, 6) is 0.790. The van der Waals surface area contributed by atoms with Crippen LogP contribution in [-0.2, 0) is 11.3 Å². The Bertz CT molecular complexity index is 621. The molecule has 0 saturated carbocycles. The van der Waals surface area contributed by atoms with Crippen molar-refractivity contribution in [3.63, 3.8) is 0 Å². The summed E-state index contributed by atoms with van der Waals surface area (Å²) in [7, 11) is 1.41. The molecule has 1 aromatic heterocycles. The molecule has 2 aromatic rings. The highest BCUT2D eigenvalue weighted by Gasteiger charge is 2.23. The average molecular weight is 302 g/mol. The molecule has 1 aliphatic rings. The Morgan fingerprint density at radius 3 is 2.59 bits per heavy atom. The first-order valence-corrected chi connectivity index (χ1v) is 7.16. The largest absolute Gasteiger partial charge is 0.453 e. The SMILES string of the molecule is COC(=O)N1CCN(Cc2nnnn2-c2ccccc2)CC1. The number of benzene rings is 1. The van der Waals surface area contributed by atoms with Gasteiger partial charge in [0.25, 0.3) is 0 Å². The minimum Gasteiger partial charge on any atom is -0.453 e. The van der Waals surface area contributed by atoms with E-state index in [-0.39, 0.29) is 6.09 Å². The van der Waals surface area contributed by atoms with E-state index in [9.17, 15) is 4.79 Å². The third kappa shape index (κ3) is 3.06. The highest BCUT2D eigenvalue weighted by Crippen LogP contribution is 2.11. The summed E-state index contributed by atoms with van der Waals surface area (Å²) in [5, 5.41) is 11.9. The Morgan fingerprint density at radius 2 is 1.91 bits per heavy atom. The van der Waals surface area contributed by atoms with Gasteiger partial charge in [0.15, 0.2) is 5.82 Å². The smallest absolute Gasteiger partial charge is 0.409 e. The van der Waals surface area contributed by atoms with Crippen LogP contribution in [0.1, 0.15) is 5.82 Å². The quantitative estimate of drug-likeness (QED) is 0.824. The molecule has 22 heavy (non-hydrogen) atoms. The Balaban J connectivity index is 1.64. The fourth-order valence-electron chi connectivity index (χ4n) is 2.49. The maximum atomic E-state index is 11.5. The van der Waals surface area contributed by atoms with Crippen molar-refractivity contribution in [2.75, 3.05) is 33.3 Å². The van der Waals surface area contributed by atoms with Gasteiger partial charge in [-0.15, -0.1) is 5.10 Å². The zero-order valence-corrected chi connectivity index (χ0v) is 12.4. The van der Waals surface area contributed by atoms with Crippen LogP contribution in [-0.4, -0.2) is 69.4 Å². The molecule has 1 fully saturated rings. The van der Waals surface area contributed by atoms with E-state index in [0.29, 0.717) is 19.6 Å². The Morgan fingerprint density at radius 1 is 1.18 bits per heavy atom. The summed E-state index contributed by atoms with van der Waals surface area (Å²) in [6, 6.07) is 9.80. The average Bonchev–Trinajstić information content (AvgIpc) is 3.04. The predicted molar refractivity (Wildman–Crippen MR) is 78.4 cm³/mol. The van der Waals surface area contributed by atoms with Gasteiger partial charge in [-0.25, -0.2) is 4.79 Å². The van der Waals surface area contributed by atoms with E-state index < -0.39 is 0 Å². The van der Waals surface area contributed by atoms with Crippen LogP contribution in [0.5, 0.6) is 0 Å². The van der Waals surface area contributed by atoms with E-state index >= 15 is 0 Å². The van der Waals surface area contributed by atoms with Crippen LogP contribution < -0.4 is 0 Å². The monoisotopic (exact) mass is 302 g/mol. The summed E-state index contributed by atoms with van der Waals surface area (Å²) in [5.41, 5.74) is 0.940. The molecule has 0 spiro atoms. The molecule has 8 nitrogen and oxygen atoms in total. The second-order valence-electron chi connectivity index (χ2n) is 5.08. The molecule has 0 bridgehead atoms. The minimum atomic E-state index is -0.270. The molecule has 1 aliphatic heterocycles. The van der Waals surface area contributed by atoms with Gasteiger partial charge in [0.2, 0.25) is 0 Å². The number of hydrogen-bond donors (Lipinski definition) is 0. The van der Waals surface area contributed by atoms with Crippen LogP contribution in [0.25, 0.3) is 5.69 Å². The van der Waals surface area contributed by atoms with E-state index in [0.717, 1.165) is 24.6 Å². The topological polar surface area (TPSA) is 76.4 Å². The normalized spacial score (nSPS) is 15.8. The van der Waals surface area contributed by atoms with Crippen LogP contribution in [0.3, 0.4) is 0 Å². The molecule has 8 heteroatoms. The van der Waals surface area contributed by atoms with Gasteiger partial charge in [-0.1, -0.05) is 18.2 Å². The standard InChI is InChI=1S/C14H18N6O2/c1-22-14(21)19-9-7-18(8-10-19)11-13-15-16-17-20(13)12-5-3-2-4-6-12/h2-6H,7-11H2,1H3. The number of carbonyl (C=O) groups excluding carboxylic acids is 1. The highest BCUT2D eigenvalue weighted by molar-refractivity contribution is 5.67. The van der Waals surface area contributed by atoms with Crippen LogP contribution in [0.2, 0.25) is 0 Å². The number of ether oxygens (including phenoxy) is 1. The van der Waals surface area contributed by atoms with Gasteiger partial charge in [-0.05, 0) is 22.6 Å². The van der Waals surface area contributed by atoms with Crippen LogP contribution in [0.4, 0.5) is 4.79 Å². The molecule has 1 saturated heterocycles. The summed E-state index contributed by atoms with van der Waals surface area (Å²) in [6.45, 7) is 3.50.